The first-order valence-corrected chi connectivity index (χ1v) is 4.67. The van der Waals surface area contributed by atoms with Crippen molar-refractivity contribution in [3.63, 3.8) is 0 Å². The van der Waals surface area contributed by atoms with Crippen molar-refractivity contribution in [2.45, 2.75) is 13.8 Å². The van der Waals surface area contributed by atoms with Crippen LogP contribution >= 0.6 is 24.2 Å². The Bertz CT molecular complexity index is 141. The SMILES string of the molecule is CC(C)(CSCCN)C(=O)O.Cl. The molecule has 0 aromatic heterocycles. The molecular weight excluding hydrogens is 198 g/mol. The van der Waals surface area contributed by atoms with Gasteiger partial charge in [0.05, 0.1) is 5.41 Å². The summed E-state index contributed by atoms with van der Waals surface area (Å²) in [4.78, 5) is 10.6. The second kappa shape index (κ2) is 6.57. The van der Waals surface area contributed by atoms with Gasteiger partial charge >= 0.3 is 5.97 Å². The van der Waals surface area contributed by atoms with Gasteiger partial charge in [0.2, 0.25) is 0 Å². The van der Waals surface area contributed by atoms with Crippen molar-refractivity contribution in [3.05, 3.63) is 0 Å². The fourth-order valence-electron chi connectivity index (χ4n) is 0.472. The van der Waals surface area contributed by atoms with Crippen molar-refractivity contribution in [2.75, 3.05) is 18.1 Å². The molecule has 0 amide bonds. The predicted octanol–water partition coefficient (Wildman–Crippen LogP) is 1.21. The standard InChI is InChI=1S/C7H15NO2S.ClH/c1-7(2,6(9)10)5-11-4-3-8;/h3-5,8H2,1-2H3,(H,9,10);1H. The highest BCUT2D eigenvalue weighted by Crippen LogP contribution is 2.21. The highest BCUT2D eigenvalue weighted by Gasteiger charge is 2.26. The van der Waals surface area contributed by atoms with E-state index in [0.717, 1.165) is 5.75 Å². The van der Waals surface area contributed by atoms with Crippen molar-refractivity contribution in [2.24, 2.45) is 11.1 Å². The number of hydrogen-bond acceptors (Lipinski definition) is 3. The highest BCUT2D eigenvalue weighted by molar-refractivity contribution is 7.99. The summed E-state index contributed by atoms with van der Waals surface area (Å²) in [6, 6.07) is 0. The van der Waals surface area contributed by atoms with Gasteiger partial charge in [-0.25, -0.2) is 0 Å². The van der Waals surface area contributed by atoms with Crippen molar-refractivity contribution < 1.29 is 9.90 Å². The molecule has 0 fully saturated rings. The topological polar surface area (TPSA) is 63.3 Å². The molecule has 0 saturated heterocycles. The molecule has 0 heterocycles. The molecule has 0 atom stereocenters. The molecule has 0 aromatic rings. The van der Waals surface area contributed by atoms with Gasteiger partial charge in [-0.05, 0) is 13.8 Å². The summed E-state index contributed by atoms with van der Waals surface area (Å²) in [5.74, 6) is 0.706. The van der Waals surface area contributed by atoms with Crippen molar-refractivity contribution in [1.82, 2.24) is 0 Å². The molecular formula is C7H16ClNO2S. The molecule has 3 nitrogen and oxygen atoms in total. The lowest BCUT2D eigenvalue weighted by molar-refractivity contribution is -0.145. The summed E-state index contributed by atoms with van der Waals surface area (Å²) in [5.41, 5.74) is 4.64. The van der Waals surface area contributed by atoms with Crippen LogP contribution in [0.15, 0.2) is 0 Å². The Hall–Kier alpha value is 0.0700. The first-order chi connectivity index (χ1) is 5.00. The maximum Gasteiger partial charge on any atom is 0.309 e. The van der Waals surface area contributed by atoms with Gasteiger partial charge in [0, 0.05) is 18.1 Å². The Kier molecular flexibility index (Phi) is 7.99. The Morgan fingerprint density at radius 1 is 1.58 bits per heavy atom. The minimum atomic E-state index is -0.748. The summed E-state index contributed by atoms with van der Waals surface area (Å²) >= 11 is 1.58. The molecule has 0 aliphatic rings. The molecule has 0 spiro atoms. The Morgan fingerprint density at radius 2 is 2.08 bits per heavy atom. The van der Waals surface area contributed by atoms with E-state index in [4.69, 9.17) is 10.8 Å². The zero-order valence-electron chi connectivity index (χ0n) is 7.37. The average Bonchev–Trinajstić information content (AvgIpc) is 1.88. The second-order valence-corrected chi connectivity index (χ2v) is 4.14. The molecule has 0 radical (unpaired) electrons. The van der Waals surface area contributed by atoms with Gasteiger partial charge in [0.15, 0.2) is 0 Å². The third kappa shape index (κ3) is 5.69. The second-order valence-electron chi connectivity index (χ2n) is 3.03. The van der Waals surface area contributed by atoms with Crippen molar-refractivity contribution in [1.29, 1.82) is 0 Å². The Labute approximate surface area is 83.5 Å². The van der Waals surface area contributed by atoms with Gasteiger partial charge in [-0.1, -0.05) is 0 Å². The number of carbonyl (C=O) groups is 1. The minimum absolute atomic E-state index is 0. The third-order valence-corrected chi connectivity index (χ3v) is 2.75. The van der Waals surface area contributed by atoms with Crippen LogP contribution in [0.3, 0.4) is 0 Å². The number of carboxylic acids is 1. The van der Waals surface area contributed by atoms with Crippen LogP contribution in [0.5, 0.6) is 0 Å². The molecule has 0 unspecified atom stereocenters. The van der Waals surface area contributed by atoms with Crippen LogP contribution in [0.4, 0.5) is 0 Å². The molecule has 0 aromatic carbocycles. The predicted molar refractivity (Wildman–Crippen MR) is 55.0 cm³/mol. The van der Waals surface area contributed by atoms with Gasteiger partial charge < -0.3 is 10.8 Å². The van der Waals surface area contributed by atoms with Crippen LogP contribution in [0, 0.1) is 5.41 Å². The van der Waals surface area contributed by atoms with Crippen molar-refractivity contribution in [3.8, 4) is 0 Å². The van der Waals surface area contributed by atoms with E-state index < -0.39 is 11.4 Å². The van der Waals surface area contributed by atoms with E-state index in [1.54, 1.807) is 25.6 Å². The number of thioether (sulfide) groups is 1. The number of rotatable bonds is 5. The number of aliphatic carboxylic acids is 1. The lowest BCUT2D eigenvalue weighted by Crippen LogP contribution is -2.26. The number of nitrogens with two attached hydrogens (primary N) is 1. The van der Waals surface area contributed by atoms with Gasteiger partial charge in [-0.15, -0.1) is 12.4 Å². The normalized spacial score (nSPS) is 10.6. The van der Waals surface area contributed by atoms with E-state index >= 15 is 0 Å². The molecule has 0 saturated carbocycles. The van der Waals surface area contributed by atoms with Gasteiger partial charge in [0.1, 0.15) is 0 Å². The lowest BCUT2D eigenvalue weighted by Gasteiger charge is -2.17. The maximum absolute atomic E-state index is 10.6. The van der Waals surface area contributed by atoms with Gasteiger partial charge in [-0.2, -0.15) is 11.8 Å². The fraction of sp³-hybridized carbons (Fsp3) is 0.857. The minimum Gasteiger partial charge on any atom is -0.481 e. The third-order valence-electron chi connectivity index (χ3n) is 1.30. The Balaban J connectivity index is 0. The van der Waals surface area contributed by atoms with Crippen LogP contribution < -0.4 is 5.73 Å². The molecule has 5 heteroatoms. The Morgan fingerprint density at radius 3 is 2.42 bits per heavy atom. The van der Waals surface area contributed by atoms with Crippen LogP contribution in [0.1, 0.15) is 13.8 Å². The summed E-state index contributed by atoms with van der Waals surface area (Å²) in [7, 11) is 0. The number of carboxylic acid groups (broad SMARTS) is 1. The monoisotopic (exact) mass is 213 g/mol. The molecule has 0 aliphatic heterocycles. The first-order valence-electron chi connectivity index (χ1n) is 3.52. The summed E-state index contributed by atoms with van der Waals surface area (Å²) in [6.07, 6.45) is 0. The van der Waals surface area contributed by atoms with Gasteiger partial charge in [-0.3, -0.25) is 4.79 Å². The van der Waals surface area contributed by atoms with Gasteiger partial charge in [0.25, 0.3) is 0 Å². The summed E-state index contributed by atoms with van der Waals surface area (Å²) in [5, 5.41) is 8.70. The van der Waals surface area contributed by atoms with Crippen LogP contribution in [-0.4, -0.2) is 29.1 Å². The first kappa shape index (κ1) is 14.6. The largest absolute Gasteiger partial charge is 0.481 e. The lowest BCUT2D eigenvalue weighted by atomic mass is 9.97. The van der Waals surface area contributed by atoms with E-state index in [-0.39, 0.29) is 12.4 Å². The van der Waals surface area contributed by atoms with E-state index in [1.807, 2.05) is 0 Å². The zero-order chi connectivity index (χ0) is 8.91. The zero-order valence-corrected chi connectivity index (χ0v) is 9.00. The van der Waals surface area contributed by atoms with E-state index in [1.165, 1.54) is 0 Å². The summed E-state index contributed by atoms with van der Waals surface area (Å²) in [6.45, 7) is 4.05. The molecule has 74 valence electrons. The van der Waals surface area contributed by atoms with E-state index in [0.29, 0.717) is 12.3 Å². The average molecular weight is 214 g/mol. The molecule has 0 aliphatic carbocycles. The number of hydrogen-bond donors (Lipinski definition) is 2. The molecule has 0 rings (SSSR count). The fourth-order valence-corrected chi connectivity index (χ4v) is 1.42. The molecule has 0 bridgehead atoms. The van der Waals surface area contributed by atoms with Crippen LogP contribution in [-0.2, 0) is 4.79 Å². The van der Waals surface area contributed by atoms with E-state index in [9.17, 15) is 4.79 Å². The van der Waals surface area contributed by atoms with Crippen molar-refractivity contribution >= 4 is 30.1 Å². The maximum atomic E-state index is 10.6. The van der Waals surface area contributed by atoms with E-state index in [2.05, 4.69) is 0 Å². The molecule has 12 heavy (non-hydrogen) atoms. The van der Waals surface area contributed by atoms with Crippen LogP contribution in [0.25, 0.3) is 0 Å². The highest BCUT2D eigenvalue weighted by atomic mass is 35.5. The summed E-state index contributed by atoms with van der Waals surface area (Å²) < 4.78 is 0. The molecule has 3 N–H and O–H groups in total. The number of halogens is 1. The smallest absolute Gasteiger partial charge is 0.309 e. The van der Waals surface area contributed by atoms with Crippen LogP contribution in [0.2, 0.25) is 0 Å². The quantitative estimate of drug-likeness (QED) is 0.674.